The molecule has 0 aliphatic rings. The van der Waals surface area contributed by atoms with Crippen molar-refractivity contribution in [3.8, 4) is 22.9 Å². The van der Waals surface area contributed by atoms with Crippen molar-refractivity contribution in [2.75, 3.05) is 23.0 Å². The van der Waals surface area contributed by atoms with Crippen LogP contribution in [0.4, 0.5) is 22.1 Å². The van der Waals surface area contributed by atoms with Crippen molar-refractivity contribution < 1.29 is 9.53 Å². The minimum atomic E-state index is -0.396. The molecule has 33 heavy (non-hydrogen) atoms. The second-order valence-electron chi connectivity index (χ2n) is 7.01. The summed E-state index contributed by atoms with van der Waals surface area (Å²) in [5.41, 5.74) is 3.38. The van der Waals surface area contributed by atoms with Crippen molar-refractivity contribution in [1.29, 1.82) is 0 Å². The summed E-state index contributed by atoms with van der Waals surface area (Å²) >= 11 is 6.09. The van der Waals surface area contributed by atoms with Crippen LogP contribution < -0.4 is 20.7 Å². The number of hydrogen-bond acceptors (Lipinski definition) is 6. The van der Waals surface area contributed by atoms with Gasteiger partial charge >= 0.3 is 6.03 Å². The number of amides is 2. The van der Waals surface area contributed by atoms with E-state index in [1.54, 1.807) is 61.9 Å². The summed E-state index contributed by atoms with van der Waals surface area (Å²) in [4.78, 5) is 25.3. The number of urea groups is 1. The van der Waals surface area contributed by atoms with Crippen molar-refractivity contribution in [2.24, 2.45) is 0 Å². The van der Waals surface area contributed by atoms with E-state index in [1.807, 2.05) is 25.1 Å². The zero-order chi connectivity index (χ0) is 23.2. The largest absolute Gasteiger partial charge is 0.438 e. The Labute approximate surface area is 196 Å². The Morgan fingerprint density at radius 2 is 1.82 bits per heavy atom. The monoisotopic (exact) mass is 460 g/mol. The van der Waals surface area contributed by atoms with Crippen molar-refractivity contribution in [1.82, 2.24) is 15.0 Å². The second-order valence-corrected chi connectivity index (χ2v) is 7.42. The van der Waals surface area contributed by atoms with E-state index in [0.29, 0.717) is 39.7 Å². The van der Waals surface area contributed by atoms with E-state index >= 15 is 0 Å². The van der Waals surface area contributed by atoms with E-state index in [1.165, 1.54) is 0 Å². The Morgan fingerprint density at radius 1 is 0.970 bits per heavy atom. The standard InChI is InChI=1S/C24H21ClN6O2/c1-15-14-16(29-24(32)31-20-8-4-3-7-18(20)25)9-10-21(15)33-22-17(6-5-12-27-22)19-11-13-28-23(26-2)30-19/h3-14H,1-2H3,(H,26,28,30)(H2,29,31,32). The number of hydrogen-bond donors (Lipinski definition) is 3. The number of anilines is 3. The molecule has 0 aliphatic carbocycles. The molecule has 0 unspecified atom stereocenters. The van der Waals surface area contributed by atoms with Crippen LogP contribution in [0.1, 0.15) is 5.56 Å². The van der Waals surface area contributed by atoms with Crippen molar-refractivity contribution in [3.63, 3.8) is 0 Å². The van der Waals surface area contributed by atoms with Gasteiger partial charge in [-0.2, -0.15) is 0 Å². The first-order chi connectivity index (χ1) is 16.0. The Morgan fingerprint density at radius 3 is 2.61 bits per heavy atom. The molecule has 2 amide bonds. The Hall–Kier alpha value is -4.17. The smallest absolute Gasteiger partial charge is 0.323 e. The predicted molar refractivity (Wildman–Crippen MR) is 130 cm³/mol. The SMILES string of the molecule is CNc1nccc(-c2cccnc2Oc2ccc(NC(=O)Nc3ccccc3Cl)cc2C)n1. The molecule has 2 aromatic heterocycles. The molecule has 9 heteroatoms. The average molecular weight is 461 g/mol. The number of nitrogens with zero attached hydrogens (tertiary/aromatic N) is 3. The Balaban J connectivity index is 1.50. The third-order valence-electron chi connectivity index (χ3n) is 4.69. The molecule has 0 radical (unpaired) electrons. The molecule has 0 saturated heterocycles. The van der Waals surface area contributed by atoms with Crippen LogP contribution in [-0.2, 0) is 0 Å². The van der Waals surface area contributed by atoms with E-state index in [0.717, 1.165) is 11.1 Å². The second kappa shape index (κ2) is 9.97. The number of rotatable bonds is 6. The van der Waals surface area contributed by atoms with E-state index in [4.69, 9.17) is 16.3 Å². The molecule has 4 rings (SSSR count). The molecular weight excluding hydrogens is 440 g/mol. The normalized spacial score (nSPS) is 10.4. The third kappa shape index (κ3) is 5.36. The molecule has 166 valence electrons. The summed E-state index contributed by atoms with van der Waals surface area (Å²) in [6.07, 6.45) is 3.33. The fourth-order valence-corrected chi connectivity index (χ4v) is 3.27. The van der Waals surface area contributed by atoms with Gasteiger partial charge < -0.3 is 20.7 Å². The highest BCUT2D eigenvalue weighted by atomic mass is 35.5. The summed E-state index contributed by atoms with van der Waals surface area (Å²) < 4.78 is 6.10. The van der Waals surface area contributed by atoms with Crippen LogP contribution in [0.5, 0.6) is 11.6 Å². The van der Waals surface area contributed by atoms with Crippen LogP contribution >= 0.6 is 11.6 Å². The summed E-state index contributed by atoms with van der Waals surface area (Å²) in [5, 5.41) is 8.91. The molecule has 2 aromatic carbocycles. The summed E-state index contributed by atoms with van der Waals surface area (Å²) in [5.74, 6) is 1.53. The van der Waals surface area contributed by atoms with Crippen LogP contribution in [0.2, 0.25) is 5.02 Å². The maximum Gasteiger partial charge on any atom is 0.323 e. The molecule has 4 aromatic rings. The van der Waals surface area contributed by atoms with Crippen LogP contribution in [-0.4, -0.2) is 28.0 Å². The maximum absolute atomic E-state index is 12.3. The summed E-state index contributed by atoms with van der Waals surface area (Å²) in [6.45, 7) is 1.89. The van der Waals surface area contributed by atoms with Gasteiger partial charge in [0, 0.05) is 25.1 Å². The first-order valence-corrected chi connectivity index (χ1v) is 10.5. The zero-order valence-corrected chi connectivity index (χ0v) is 18.7. The number of pyridine rings is 1. The zero-order valence-electron chi connectivity index (χ0n) is 18.0. The Kier molecular flexibility index (Phi) is 6.66. The number of carbonyl (C=O) groups excluding carboxylic acids is 1. The molecule has 0 aliphatic heterocycles. The molecule has 8 nitrogen and oxygen atoms in total. The molecule has 3 N–H and O–H groups in total. The molecule has 0 atom stereocenters. The molecular formula is C24H21ClN6O2. The number of ether oxygens (including phenoxy) is 1. The number of benzene rings is 2. The van der Waals surface area contributed by atoms with Gasteiger partial charge in [-0.25, -0.2) is 19.7 Å². The van der Waals surface area contributed by atoms with E-state index in [-0.39, 0.29) is 0 Å². The van der Waals surface area contributed by atoms with Crippen LogP contribution in [0, 0.1) is 6.92 Å². The highest BCUT2D eigenvalue weighted by Crippen LogP contribution is 2.33. The first kappa shape index (κ1) is 22.0. The molecule has 0 fully saturated rings. The fourth-order valence-electron chi connectivity index (χ4n) is 3.09. The lowest BCUT2D eigenvalue weighted by Crippen LogP contribution is -2.19. The highest BCUT2D eigenvalue weighted by molar-refractivity contribution is 6.33. The van der Waals surface area contributed by atoms with Crippen molar-refractivity contribution in [3.05, 3.63) is 83.6 Å². The molecule has 0 spiro atoms. The van der Waals surface area contributed by atoms with Gasteiger partial charge in [0.1, 0.15) is 5.75 Å². The molecule has 0 saturated carbocycles. The number of carbonyl (C=O) groups is 1. The van der Waals surface area contributed by atoms with E-state index in [9.17, 15) is 4.79 Å². The average Bonchev–Trinajstić information content (AvgIpc) is 2.82. The lowest BCUT2D eigenvalue weighted by Gasteiger charge is -2.13. The molecule has 2 heterocycles. The number of halogens is 1. The van der Waals surface area contributed by atoms with E-state index in [2.05, 4.69) is 30.9 Å². The van der Waals surface area contributed by atoms with Gasteiger partial charge in [-0.1, -0.05) is 23.7 Å². The van der Waals surface area contributed by atoms with Gasteiger partial charge in [0.15, 0.2) is 0 Å². The number of aryl methyl sites for hydroxylation is 1. The quantitative estimate of drug-likeness (QED) is 0.327. The van der Waals surface area contributed by atoms with Crippen LogP contribution in [0.15, 0.2) is 73.1 Å². The van der Waals surface area contributed by atoms with Gasteiger partial charge in [0.05, 0.1) is 22.0 Å². The summed E-state index contributed by atoms with van der Waals surface area (Å²) in [7, 11) is 1.76. The van der Waals surface area contributed by atoms with E-state index < -0.39 is 6.03 Å². The third-order valence-corrected chi connectivity index (χ3v) is 5.02. The van der Waals surface area contributed by atoms with Gasteiger partial charge in [0.2, 0.25) is 11.8 Å². The maximum atomic E-state index is 12.3. The van der Waals surface area contributed by atoms with Gasteiger partial charge in [-0.15, -0.1) is 0 Å². The lowest BCUT2D eigenvalue weighted by atomic mass is 10.2. The number of nitrogens with one attached hydrogen (secondary N) is 3. The number of aromatic nitrogens is 3. The van der Waals surface area contributed by atoms with Crippen molar-refractivity contribution >= 4 is 35.0 Å². The predicted octanol–water partition coefficient (Wildman–Crippen LogP) is 5.98. The number of para-hydroxylation sites is 1. The highest BCUT2D eigenvalue weighted by Gasteiger charge is 2.13. The van der Waals surface area contributed by atoms with Crippen LogP contribution in [0.3, 0.4) is 0 Å². The fraction of sp³-hybridized carbons (Fsp3) is 0.0833. The van der Waals surface area contributed by atoms with Gasteiger partial charge in [-0.05, 0) is 61.0 Å². The molecule has 0 bridgehead atoms. The van der Waals surface area contributed by atoms with Crippen molar-refractivity contribution in [2.45, 2.75) is 6.92 Å². The lowest BCUT2D eigenvalue weighted by molar-refractivity contribution is 0.262. The van der Waals surface area contributed by atoms with Crippen LogP contribution in [0.25, 0.3) is 11.3 Å². The minimum Gasteiger partial charge on any atom is -0.438 e. The Bertz CT molecular complexity index is 1300. The summed E-state index contributed by atoms with van der Waals surface area (Å²) in [6, 6.07) is 17.5. The first-order valence-electron chi connectivity index (χ1n) is 10.1. The van der Waals surface area contributed by atoms with Gasteiger partial charge in [0.25, 0.3) is 0 Å². The minimum absolute atomic E-state index is 0.396. The topological polar surface area (TPSA) is 101 Å². The van der Waals surface area contributed by atoms with Gasteiger partial charge in [-0.3, -0.25) is 0 Å².